The van der Waals surface area contributed by atoms with E-state index in [0.29, 0.717) is 0 Å². The molecule has 0 saturated carbocycles. The highest BCUT2D eigenvalue weighted by Crippen LogP contribution is 2.19. The fourth-order valence-corrected chi connectivity index (χ4v) is 1.73. The van der Waals surface area contributed by atoms with Crippen molar-refractivity contribution in [2.75, 3.05) is 23.7 Å². The van der Waals surface area contributed by atoms with Crippen molar-refractivity contribution < 1.29 is 5.11 Å². The summed E-state index contributed by atoms with van der Waals surface area (Å²) in [5, 5.41) is 9.78. The summed E-state index contributed by atoms with van der Waals surface area (Å²) in [6.07, 6.45) is 1.85. The lowest BCUT2D eigenvalue weighted by Crippen LogP contribution is -2.31. The SMILES string of the molecule is CCCN(CCC(C)(C)O)c1ccc(N)cc1. The van der Waals surface area contributed by atoms with Crippen LogP contribution >= 0.6 is 0 Å². The Bertz CT molecular complexity index is 327. The van der Waals surface area contributed by atoms with Crippen molar-refractivity contribution >= 4 is 11.4 Å². The first kappa shape index (κ1) is 13.8. The lowest BCUT2D eigenvalue weighted by atomic mass is 10.1. The molecule has 0 saturated heterocycles. The molecule has 1 aromatic rings. The van der Waals surface area contributed by atoms with Crippen LogP contribution in [-0.4, -0.2) is 23.8 Å². The van der Waals surface area contributed by atoms with E-state index in [0.717, 1.165) is 31.6 Å². The van der Waals surface area contributed by atoms with Crippen molar-refractivity contribution in [2.24, 2.45) is 0 Å². The van der Waals surface area contributed by atoms with E-state index in [4.69, 9.17) is 5.73 Å². The van der Waals surface area contributed by atoms with Crippen LogP contribution in [0.4, 0.5) is 11.4 Å². The van der Waals surface area contributed by atoms with Gasteiger partial charge in [-0.1, -0.05) is 6.92 Å². The van der Waals surface area contributed by atoms with Gasteiger partial charge in [-0.2, -0.15) is 0 Å². The number of nitrogens with zero attached hydrogens (tertiary/aromatic N) is 1. The molecule has 0 fully saturated rings. The molecule has 0 aliphatic carbocycles. The van der Waals surface area contributed by atoms with Crippen molar-refractivity contribution in [3.05, 3.63) is 24.3 Å². The third kappa shape index (κ3) is 5.09. The summed E-state index contributed by atoms with van der Waals surface area (Å²) < 4.78 is 0. The highest BCUT2D eigenvalue weighted by molar-refractivity contribution is 5.53. The topological polar surface area (TPSA) is 49.5 Å². The van der Waals surface area contributed by atoms with Gasteiger partial charge in [0.05, 0.1) is 5.60 Å². The van der Waals surface area contributed by atoms with E-state index in [-0.39, 0.29) is 0 Å². The first-order valence-electron chi connectivity index (χ1n) is 6.25. The van der Waals surface area contributed by atoms with E-state index in [9.17, 15) is 5.11 Å². The zero-order valence-corrected chi connectivity index (χ0v) is 11.1. The molecule has 3 heteroatoms. The van der Waals surface area contributed by atoms with Crippen molar-refractivity contribution in [1.82, 2.24) is 0 Å². The van der Waals surface area contributed by atoms with E-state index < -0.39 is 5.60 Å². The largest absolute Gasteiger partial charge is 0.399 e. The predicted octanol–water partition coefficient (Wildman–Crippen LogP) is 2.65. The van der Waals surface area contributed by atoms with Gasteiger partial charge < -0.3 is 15.7 Å². The first-order chi connectivity index (χ1) is 7.92. The standard InChI is InChI=1S/C14H24N2O/c1-4-10-16(11-9-14(2,3)17)13-7-5-12(15)6-8-13/h5-8,17H,4,9-11,15H2,1-3H3. The molecule has 0 bridgehead atoms. The molecule has 0 radical (unpaired) electrons. The first-order valence-corrected chi connectivity index (χ1v) is 6.25. The van der Waals surface area contributed by atoms with Crippen LogP contribution in [0.3, 0.4) is 0 Å². The number of nitrogens with two attached hydrogens (primary N) is 1. The maximum absolute atomic E-state index is 9.78. The Balaban J connectivity index is 2.68. The molecule has 0 aliphatic heterocycles. The Morgan fingerprint density at radius 1 is 1.18 bits per heavy atom. The highest BCUT2D eigenvalue weighted by Gasteiger charge is 2.15. The van der Waals surface area contributed by atoms with Crippen molar-refractivity contribution in [2.45, 2.75) is 39.2 Å². The molecule has 0 spiro atoms. The van der Waals surface area contributed by atoms with Gasteiger partial charge in [0.25, 0.3) is 0 Å². The second kappa shape index (κ2) is 5.92. The summed E-state index contributed by atoms with van der Waals surface area (Å²) in [7, 11) is 0. The fraction of sp³-hybridized carbons (Fsp3) is 0.571. The third-order valence-corrected chi connectivity index (χ3v) is 2.75. The lowest BCUT2D eigenvalue weighted by molar-refractivity contribution is 0.0731. The minimum atomic E-state index is -0.611. The van der Waals surface area contributed by atoms with E-state index in [2.05, 4.69) is 11.8 Å². The Labute approximate surface area is 104 Å². The molecule has 0 unspecified atom stereocenters. The zero-order chi connectivity index (χ0) is 12.9. The Morgan fingerprint density at radius 3 is 2.24 bits per heavy atom. The average molecular weight is 236 g/mol. The summed E-state index contributed by atoms with van der Waals surface area (Å²) in [6, 6.07) is 7.91. The number of hydrogen-bond acceptors (Lipinski definition) is 3. The minimum absolute atomic E-state index is 0.611. The Kier molecular flexibility index (Phi) is 4.82. The predicted molar refractivity (Wildman–Crippen MR) is 74.3 cm³/mol. The van der Waals surface area contributed by atoms with Gasteiger partial charge in [0.1, 0.15) is 0 Å². The van der Waals surface area contributed by atoms with Crippen LogP contribution < -0.4 is 10.6 Å². The van der Waals surface area contributed by atoms with E-state index >= 15 is 0 Å². The summed E-state index contributed by atoms with van der Waals surface area (Å²) >= 11 is 0. The summed E-state index contributed by atoms with van der Waals surface area (Å²) in [6.45, 7) is 7.72. The Morgan fingerprint density at radius 2 is 1.76 bits per heavy atom. The second-order valence-corrected chi connectivity index (χ2v) is 5.14. The second-order valence-electron chi connectivity index (χ2n) is 5.14. The number of nitrogen functional groups attached to an aromatic ring is 1. The van der Waals surface area contributed by atoms with Crippen LogP contribution in [0.25, 0.3) is 0 Å². The number of anilines is 2. The third-order valence-electron chi connectivity index (χ3n) is 2.75. The normalized spacial score (nSPS) is 11.5. The van der Waals surface area contributed by atoms with Crippen molar-refractivity contribution in [3.63, 3.8) is 0 Å². The van der Waals surface area contributed by atoms with Crippen LogP contribution in [0.2, 0.25) is 0 Å². The summed E-state index contributed by atoms with van der Waals surface area (Å²) in [5.41, 5.74) is 7.03. The van der Waals surface area contributed by atoms with Gasteiger partial charge in [-0.3, -0.25) is 0 Å². The smallest absolute Gasteiger partial charge is 0.0608 e. The van der Waals surface area contributed by atoms with Gasteiger partial charge in [-0.05, 0) is 51.0 Å². The number of aliphatic hydroxyl groups is 1. The molecule has 0 atom stereocenters. The van der Waals surface area contributed by atoms with Gasteiger partial charge >= 0.3 is 0 Å². The maximum atomic E-state index is 9.78. The van der Waals surface area contributed by atoms with Gasteiger partial charge in [-0.15, -0.1) is 0 Å². The molecular formula is C14H24N2O. The Hall–Kier alpha value is -1.22. The molecule has 17 heavy (non-hydrogen) atoms. The van der Waals surface area contributed by atoms with Crippen LogP contribution in [0.1, 0.15) is 33.6 Å². The number of benzene rings is 1. The van der Waals surface area contributed by atoms with Gasteiger partial charge in [0.15, 0.2) is 0 Å². The zero-order valence-electron chi connectivity index (χ0n) is 11.1. The fourth-order valence-electron chi connectivity index (χ4n) is 1.73. The molecule has 1 aromatic carbocycles. The highest BCUT2D eigenvalue weighted by atomic mass is 16.3. The number of hydrogen-bond donors (Lipinski definition) is 2. The van der Waals surface area contributed by atoms with Crippen LogP contribution in [0.5, 0.6) is 0 Å². The molecule has 0 aliphatic rings. The molecule has 0 amide bonds. The van der Waals surface area contributed by atoms with Crippen molar-refractivity contribution in [3.8, 4) is 0 Å². The molecule has 0 heterocycles. The van der Waals surface area contributed by atoms with Crippen LogP contribution in [-0.2, 0) is 0 Å². The summed E-state index contributed by atoms with van der Waals surface area (Å²) in [5.74, 6) is 0. The van der Waals surface area contributed by atoms with Gasteiger partial charge in [0.2, 0.25) is 0 Å². The monoisotopic (exact) mass is 236 g/mol. The average Bonchev–Trinajstić information content (AvgIpc) is 2.24. The summed E-state index contributed by atoms with van der Waals surface area (Å²) in [4.78, 5) is 2.29. The molecular weight excluding hydrogens is 212 g/mol. The van der Waals surface area contributed by atoms with Gasteiger partial charge in [0, 0.05) is 24.5 Å². The number of rotatable bonds is 6. The lowest BCUT2D eigenvalue weighted by Gasteiger charge is -2.28. The molecule has 0 aromatic heterocycles. The van der Waals surface area contributed by atoms with E-state index in [1.165, 1.54) is 5.69 Å². The van der Waals surface area contributed by atoms with Gasteiger partial charge in [-0.25, -0.2) is 0 Å². The quantitative estimate of drug-likeness (QED) is 0.747. The molecule has 3 N–H and O–H groups in total. The molecule has 1 rings (SSSR count). The minimum Gasteiger partial charge on any atom is -0.399 e. The maximum Gasteiger partial charge on any atom is 0.0608 e. The molecule has 96 valence electrons. The van der Waals surface area contributed by atoms with Crippen molar-refractivity contribution in [1.29, 1.82) is 0 Å². The van der Waals surface area contributed by atoms with E-state index in [1.807, 2.05) is 38.1 Å². The molecule has 3 nitrogen and oxygen atoms in total. The van der Waals surface area contributed by atoms with E-state index in [1.54, 1.807) is 0 Å². The van der Waals surface area contributed by atoms with Crippen LogP contribution in [0, 0.1) is 0 Å². The van der Waals surface area contributed by atoms with Crippen LogP contribution in [0.15, 0.2) is 24.3 Å².